The normalized spacial score (nSPS) is 25.1. The summed E-state index contributed by atoms with van der Waals surface area (Å²) in [7, 11) is 0. The van der Waals surface area contributed by atoms with Gasteiger partial charge >= 0.3 is 0 Å². The van der Waals surface area contributed by atoms with Crippen LogP contribution in [0, 0.1) is 5.92 Å². The molecule has 2 aliphatic rings. The topological polar surface area (TPSA) is 36.9 Å². The second-order valence-corrected chi connectivity index (χ2v) is 5.88. The van der Waals surface area contributed by atoms with Gasteiger partial charge in [-0.2, -0.15) is 5.10 Å². The van der Waals surface area contributed by atoms with Crippen LogP contribution in [0.4, 0.5) is 0 Å². The first-order valence-electron chi connectivity index (χ1n) is 8.09. The molecule has 2 unspecified atom stereocenters. The van der Waals surface area contributed by atoms with Gasteiger partial charge in [0.1, 0.15) is 5.75 Å². The van der Waals surface area contributed by atoms with E-state index in [1.165, 1.54) is 11.3 Å². The van der Waals surface area contributed by atoms with Crippen LogP contribution in [-0.4, -0.2) is 36.9 Å². The highest BCUT2D eigenvalue weighted by atomic mass is 16.5. The van der Waals surface area contributed by atoms with Crippen molar-refractivity contribution < 1.29 is 4.74 Å². The van der Waals surface area contributed by atoms with Crippen molar-refractivity contribution in [1.29, 1.82) is 0 Å². The van der Waals surface area contributed by atoms with E-state index in [2.05, 4.69) is 53.5 Å². The third kappa shape index (κ3) is 3.05. The molecular formula is C17H25N3O. The standard InChI is InChI=1S/C17H25N3O/c1-3-11-21-14-7-5-13(6-8-14)17-15-12-20(4-2)10-9-16(15)18-19-17/h5-8,15,17,19H,3-4,9-12H2,1-2H3. The molecule has 1 fully saturated rings. The minimum absolute atomic E-state index is 0.314. The molecular weight excluding hydrogens is 262 g/mol. The first kappa shape index (κ1) is 14.4. The summed E-state index contributed by atoms with van der Waals surface area (Å²) in [5, 5.41) is 4.57. The molecule has 0 spiro atoms. The number of piperidine rings is 1. The molecule has 1 saturated heterocycles. The van der Waals surface area contributed by atoms with Crippen molar-refractivity contribution in [3.8, 4) is 5.75 Å². The number of rotatable bonds is 5. The molecule has 0 saturated carbocycles. The van der Waals surface area contributed by atoms with Crippen LogP contribution in [0.3, 0.4) is 0 Å². The number of ether oxygens (including phenoxy) is 1. The zero-order valence-corrected chi connectivity index (χ0v) is 13.0. The lowest BCUT2D eigenvalue weighted by atomic mass is 9.86. The molecule has 0 radical (unpaired) electrons. The number of nitrogens with zero attached hydrogens (tertiary/aromatic N) is 2. The Hall–Kier alpha value is -1.55. The highest BCUT2D eigenvalue weighted by Gasteiger charge is 2.36. The van der Waals surface area contributed by atoms with E-state index in [0.717, 1.165) is 44.8 Å². The molecule has 2 heterocycles. The molecule has 1 aromatic carbocycles. The predicted molar refractivity (Wildman–Crippen MR) is 85.8 cm³/mol. The summed E-state index contributed by atoms with van der Waals surface area (Å²) in [5.74, 6) is 1.47. The average molecular weight is 287 g/mol. The zero-order valence-electron chi connectivity index (χ0n) is 13.0. The third-order valence-electron chi connectivity index (χ3n) is 4.48. The minimum atomic E-state index is 0.314. The number of hydrazone groups is 1. The van der Waals surface area contributed by atoms with Crippen molar-refractivity contribution >= 4 is 5.71 Å². The lowest BCUT2D eigenvalue weighted by Gasteiger charge is -2.32. The second-order valence-electron chi connectivity index (χ2n) is 5.88. The van der Waals surface area contributed by atoms with Gasteiger partial charge in [-0.3, -0.25) is 0 Å². The molecule has 21 heavy (non-hydrogen) atoms. The van der Waals surface area contributed by atoms with Crippen molar-refractivity contribution in [2.75, 3.05) is 26.2 Å². The molecule has 1 aromatic rings. The van der Waals surface area contributed by atoms with Crippen molar-refractivity contribution in [2.24, 2.45) is 11.0 Å². The maximum absolute atomic E-state index is 5.66. The molecule has 0 bridgehead atoms. The Labute approximate surface area is 127 Å². The highest BCUT2D eigenvalue weighted by Crippen LogP contribution is 2.33. The van der Waals surface area contributed by atoms with Gasteiger partial charge in [-0.15, -0.1) is 0 Å². The van der Waals surface area contributed by atoms with E-state index < -0.39 is 0 Å². The smallest absolute Gasteiger partial charge is 0.119 e. The van der Waals surface area contributed by atoms with E-state index >= 15 is 0 Å². The molecule has 1 N–H and O–H groups in total. The quantitative estimate of drug-likeness (QED) is 0.905. The molecule has 3 rings (SSSR count). The summed E-state index contributed by atoms with van der Waals surface area (Å²) in [6.45, 7) is 8.52. The monoisotopic (exact) mass is 287 g/mol. The van der Waals surface area contributed by atoms with Gasteiger partial charge in [0.15, 0.2) is 0 Å². The van der Waals surface area contributed by atoms with Crippen molar-refractivity contribution in [1.82, 2.24) is 10.3 Å². The number of fused-ring (bicyclic) bond motifs is 1. The van der Waals surface area contributed by atoms with E-state index in [-0.39, 0.29) is 0 Å². The van der Waals surface area contributed by atoms with Crippen LogP contribution in [0.15, 0.2) is 29.4 Å². The van der Waals surface area contributed by atoms with Crippen molar-refractivity contribution in [3.05, 3.63) is 29.8 Å². The van der Waals surface area contributed by atoms with Crippen molar-refractivity contribution in [3.63, 3.8) is 0 Å². The van der Waals surface area contributed by atoms with E-state index in [1.54, 1.807) is 0 Å². The first-order chi connectivity index (χ1) is 10.3. The van der Waals surface area contributed by atoms with E-state index in [0.29, 0.717) is 12.0 Å². The molecule has 114 valence electrons. The van der Waals surface area contributed by atoms with Crippen LogP contribution in [0.25, 0.3) is 0 Å². The van der Waals surface area contributed by atoms with E-state index in [4.69, 9.17) is 4.74 Å². The number of benzene rings is 1. The SMILES string of the molecule is CCCOc1ccc(C2NN=C3CCN(CC)CC32)cc1. The predicted octanol–water partition coefficient (Wildman–Crippen LogP) is 2.82. The average Bonchev–Trinajstić information content (AvgIpc) is 2.96. The van der Waals surface area contributed by atoms with Crippen LogP contribution in [0.2, 0.25) is 0 Å². The van der Waals surface area contributed by atoms with Crippen LogP contribution in [0.5, 0.6) is 5.75 Å². The van der Waals surface area contributed by atoms with Gasteiger partial charge in [0.05, 0.1) is 12.6 Å². The summed E-state index contributed by atoms with van der Waals surface area (Å²) in [6.07, 6.45) is 2.14. The summed E-state index contributed by atoms with van der Waals surface area (Å²) < 4.78 is 5.66. The molecule has 0 amide bonds. The fraction of sp³-hybridized carbons (Fsp3) is 0.588. The number of nitrogens with one attached hydrogen (secondary N) is 1. The molecule has 0 aliphatic carbocycles. The Balaban J connectivity index is 1.69. The van der Waals surface area contributed by atoms with Gasteiger partial charge in [-0.25, -0.2) is 0 Å². The van der Waals surface area contributed by atoms with Gasteiger partial charge in [-0.1, -0.05) is 26.0 Å². The van der Waals surface area contributed by atoms with E-state index in [1.807, 2.05) is 0 Å². The lowest BCUT2D eigenvalue weighted by Crippen LogP contribution is -2.41. The summed E-state index contributed by atoms with van der Waals surface area (Å²) in [5.41, 5.74) is 5.99. The van der Waals surface area contributed by atoms with Crippen LogP contribution in [0.1, 0.15) is 38.3 Å². The van der Waals surface area contributed by atoms with Crippen molar-refractivity contribution in [2.45, 2.75) is 32.7 Å². The molecule has 4 heteroatoms. The van der Waals surface area contributed by atoms with E-state index in [9.17, 15) is 0 Å². The number of likely N-dealkylation sites (tertiary alicyclic amines) is 1. The van der Waals surface area contributed by atoms with Crippen LogP contribution >= 0.6 is 0 Å². The maximum Gasteiger partial charge on any atom is 0.119 e. The van der Waals surface area contributed by atoms with Gasteiger partial charge in [0.2, 0.25) is 0 Å². The summed E-state index contributed by atoms with van der Waals surface area (Å²) in [4.78, 5) is 2.52. The molecule has 2 atom stereocenters. The Morgan fingerprint density at radius 3 is 2.81 bits per heavy atom. The van der Waals surface area contributed by atoms with Gasteiger partial charge < -0.3 is 15.1 Å². The highest BCUT2D eigenvalue weighted by molar-refractivity contribution is 5.89. The van der Waals surface area contributed by atoms with Gasteiger partial charge in [0, 0.05) is 31.1 Å². The fourth-order valence-corrected chi connectivity index (χ4v) is 3.20. The van der Waals surface area contributed by atoms with Crippen LogP contribution in [-0.2, 0) is 0 Å². The number of hydrogen-bond acceptors (Lipinski definition) is 4. The Kier molecular flexibility index (Phi) is 4.44. The largest absolute Gasteiger partial charge is 0.494 e. The maximum atomic E-state index is 5.66. The van der Waals surface area contributed by atoms with Gasteiger partial charge in [-0.05, 0) is 30.7 Å². The summed E-state index contributed by atoms with van der Waals surface area (Å²) in [6, 6.07) is 8.81. The number of hydrogen-bond donors (Lipinski definition) is 1. The molecule has 4 nitrogen and oxygen atoms in total. The first-order valence-corrected chi connectivity index (χ1v) is 8.09. The minimum Gasteiger partial charge on any atom is -0.494 e. The Morgan fingerprint density at radius 2 is 2.10 bits per heavy atom. The lowest BCUT2D eigenvalue weighted by molar-refractivity contribution is 0.238. The van der Waals surface area contributed by atoms with Gasteiger partial charge in [0.25, 0.3) is 0 Å². The second kappa shape index (κ2) is 6.48. The Morgan fingerprint density at radius 1 is 1.29 bits per heavy atom. The fourth-order valence-electron chi connectivity index (χ4n) is 3.20. The third-order valence-corrected chi connectivity index (χ3v) is 4.48. The zero-order chi connectivity index (χ0) is 14.7. The van der Waals surface area contributed by atoms with Crippen LogP contribution < -0.4 is 10.2 Å². The Bertz CT molecular complexity index is 497. The molecule has 2 aliphatic heterocycles. The summed E-state index contributed by atoms with van der Waals surface area (Å²) >= 11 is 0. The molecule has 0 aromatic heterocycles.